The van der Waals surface area contributed by atoms with Gasteiger partial charge in [-0.05, 0) is 19.4 Å². The molecule has 19 heavy (non-hydrogen) atoms. The molecule has 0 aromatic heterocycles. The minimum Gasteiger partial charge on any atom is -0.356 e. The molecule has 1 saturated heterocycles. The van der Waals surface area contributed by atoms with Gasteiger partial charge in [-0.2, -0.15) is 0 Å². The van der Waals surface area contributed by atoms with Crippen LogP contribution in [-0.4, -0.2) is 25.5 Å². The first-order valence-electron chi connectivity index (χ1n) is 7.83. The number of nitrogens with one attached hydrogen (secondary N) is 2. The summed E-state index contributed by atoms with van der Waals surface area (Å²) in [6.45, 7) is 4.98. The van der Waals surface area contributed by atoms with E-state index >= 15 is 0 Å². The summed E-state index contributed by atoms with van der Waals surface area (Å²) in [7, 11) is 0. The van der Waals surface area contributed by atoms with Crippen molar-refractivity contribution in [3.05, 3.63) is 0 Å². The molecule has 1 rings (SSSR count). The molecule has 4 heteroatoms. The Labute approximate surface area is 124 Å². The van der Waals surface area contributed by atoms with Crippen LogP contribution >= 0.6 is 12.4 Å². The third-order valence-electron chi connectivity index (χ3n) is 3.76. The van der Waals surface area contributed by atoms with Crippen LogP contribution in [0, 0.1) is 5.92 Å². The van der Waals surface area contributed by atoms with Crippen molar-refractivity contribution in [3.63, 3.8) is 0 Å². The monoisotopic (exact) mass is 290 g/mol. The van der Waals surface area contributed by atoms with Gasteiger partial charge in [-0.1, -0.05) is 51.9 Å². The molecule has 114 valence electrons. The standard InChI is InChI=1S/C15H30N2O.ClH/c1-2-3-4-5-6-7-8-9-11-17-15(18)14-10-12-16-13-14;/h14,16H,2-13H2,1H3,(H,17,18);1H/t14-;/m0./s1. The molecule has 0 radical (unpaired) electrons. The van der Waals surface area contributed by atoms with E-state index < -0.39 is 0 Å². The van der Waals surface area contributed by atoms with Crippen molar-refractivity contribution in [2.45, 2.75) is 64.7 Å². The highest BCUT2D eigenvalue weighted by molar-refractivity contribution is 5.85. The first-order valence-corrected chi connectivity index (χ1v) is 7.83. The molecule has 1 atom stereocenters. The molecule has 0 aromatic rings. The lowest BCUT2D eigenvalue weighted by Gasteiger charge is -2.09. The molecule has 0 aliphatic carbocycles. The predicted molar refractivity (Wildman–Crippen MR) is 83.8 cm³/mol. The minimum absolute atomic E-state index is 0. The number of amides is 1. The summed E-state index contributed by atoms with van der Waals surface area (Å²) in [4.78, 5) is 11.7. The Morgan fingerprint density at radius 3 is 2.32 bits per heavy atom. The second-order valence-corrected chi connectivity index (χ2v) is 5.46. The van der Waals surface area contributed by atoms with Gasteiger partial charge in [0.1, 0.15) is 0 Å². The van der Waals surface area contributed by atoms with Crippen molar-refractivity contribution in [3.8, 4) is 0 Å². The maximum Gasteiger partial charge on any atom is 0.224 e. The summed E-state index contributed by atoms with van der Waals surface area (Å²) in [5.41, 5.74) is 0. The number of hydrogen-bond acceptors (Lipinski definition) is 2. The SMILES string of the molecule is CCCCCCCCCCNC(=O)[C@H]1CCNC1.Cl. The first-order chi connectivity index (χ1) is 8.84. The quantitative estimate of drug-likeness (QED) is 0.606. The second kappa shape index (κ2) is 12.7. The fourth-order valence-corrected chi connectivity index (χ4v) is 2.49. The third kappa shape index (κ3) is 9.28. The molecule has 0 unspecified atom stereocenters. The number of carbonyl (C=O) groups is 1. The fraction of sp³-hybridized carbons (Fsp3) is 0.933. The summed E-state index contributed by atoms with van der Waals surface area (Å²) in [5.74, 6) is 0.474. The van der Waals surface area contributed by atoms with Crippen LogP contribution in [0.15, 0.2) is 0 Å². The Kier molecular flexibility index (Phi) is 12.6. The molecule has 3 nitrogen and oxygen atoms in total. The number of hydrogen-bond donors (Lipinski definition) is 2. The van der Waals surface area contributed by atoms with Gasteiger partial charge in [-0.3, -0.25) is 4.79 Å². The average molecular weight is 291 g/mol. The summed E-state index contributed by atoms with van der Waals surface area (Å²) < 4.78 is 0. The van der Waals surface area contributed by atoms with Crippen molar-refractivity contribution in [2.24, 2.45) is 5.92 Å². The molecule has 0 spiro atoms. The molecular weight excluding hydrogens is 260 g/mol. The van der Waals surface area contributed by atoms with E-state index in [0.29, 0.717) is 0 Å². The first kappa shape index (κ1) is 18.7. The largest absolute Gasteiger partial charge is 0.356 e. The van der Waals surface area contributed by atoms with E-state index in [0.717, 1.165) is 32.5 Å². The van der Waals surface area contributed by atoms with E-state index in [4.69, 9.17) is 0 Å². The van der Waals surface area contributed by atoms with Gasteiger partial charge in [0.15, 0.2) is 0 Å². The molecule has 1 aliphatic heterocycles. The van der Waals surface area contributed by atoms with Crippen LogP contribution in [0.5, 0.6) is 0 Å². The van der Waals surface area contributed by atoms with Crippen LogP contribution in [-0.2, 0) is 4.79 Å². The molecule has 1 amide bonds. The summed E-state index contributed by atoms with van der Waals surface area (Å²) in [6, 6.07) is 0. The van der Waals surface area contributed by atoms with Crippen LogP contribution in [0.4, 0.5) is 0 Å². The van der Waals surface area contributed by atoms with Crippen molar-refractivity contribution in [2.75, 3.05) is 19.6 Å². The van der Waals surface area contributed by atoms with E-state index in [2.05, 4.69) is 17.6 Å². The highest BCUT2D eigenvalue weighted by Gasteiger charge is 2.21. The van der Waals surface area contributed by atoms with Crippen molar-refractivity contribution < 1.29 is 4.79 Å². The average Bonchev–Trinajstić information content (AvgIpc) is 2.90. The summed E-state index contributed by atoms with van der Waals surface area (Å²) >= 11 is 0. The highest BCUT2D eigenvalue weighted by atomic mass is 35.5. The predicted octanol–water partition coefficient (Wildman–Crippen LogP) is 3.27. The smallest absolute Gasteiger partial charge is 0.224 e. The molecular formula is C15H31ClN2O. The van der Waals surface area contributed by atoms with E-state index in [9.17, 15) is 4.79 Å². The van der Waals surface area contributed by atoms with Gasteiger partial charge in [0, 0.05) is 13.1 Å². The maximum atomic E-state index is 11.7. The van der Waals surface area contributed by atoms with Gasteiger partial charge >= 0.3 is 0 Å². The molecule has 0 saturated carbocycles. The van der Waals surface area contributed by atoms with E-state index in [1.165, 1.54) is 44.9 Å². The zero-order valence-corrected chi connectivity index (χ0v) is 13.2. The van der Waals surface area contributed by atoms with Crippen LogP contribution in [0.2, 0.25) is 0 Å². The highest BCUT2D eigenvalue weighted by Crippen LogP contribution is 2.09. The Morgan fingerprint density at radius 1 is 1.11 bits per heavy atom. The van der Waals surface area contributed by atoms with Gasteiger partial charge in [0.2, 0.25) is 5.91 Å². The topological polar surface area (TPSA) is 41.1 Å². The normalized spacial score (nSPS) is 18.1. The molecule has 0 aromatic carbocycles. The van der Waals surface area contributed by atoms with E-state index in [1.807, 2.05) is 0 Å². The second-order valence-electron chi connectivity index (χ2n) is 5.46. The van der Waals surface area contributed by atoms with Crippen molar-refractivity contribution >= 4 is 18.3 Å². The number of unbranched alkanes of at least 4 members (excludes halogenated alkanes) is 7. The van der Waals surface area contributed by atoms with E-state index in [-0.39, 0.29) is 24.2 Å². The molecule has 1 heterocycles. The van der Waals surface area contributed by atoms with Crippen molar-refractivity contribution in [1.29, 1.82) is 0 Å². The summed E-state index contributed by atoms with van der Waals surface area (Å²) in [5, 5.41) is 6.28. The van der Waals surface area contributed by atoms with Crippen LogP contribution in [0.25, 0.3) is 0 Å². The molecule has 1 fully saturated rings. The van der Waals surface area contributed by atoms with Gasteiger partial charge in [0.25, 0.3) is 0 Å². The molecule has 2 N–H and O–H groups in total. The van der Waals surface area contributed by atoms with Crippen LogP contribution < -0.4 is 10.6 Å². The van der Waals surface area contributed by atoms with Crippen molar-refractivity contribution in [1.82, 2.24) is 10.6 Å². The zero-order chi connectivity index (χ0) is 13.1. The Bertz CT molecular complexity index is 218. The third-order valence-corrected chi connectivity index (χ3v) is 3.76. The minimum atomic E-state index is 0. The van der Waals surface area contributed by atoms with Gasteiger partial charge in [-0.25, -0.2) is 0 Å². The molecule has 0 bridgehead atoms. The van der Waals surface area contributed by atoms with E-state index in [1.54, 1.807) is 0 Å². The van der Waals surface area contributed by atoms with Crippen LogP contribution in [0.1, 0.15) is 64.7 Å². The number of rotatable bonds is 10. The number of halogens is 1. The maximum absolute atomic E-state index is 11.7. The fourth-order valence-electron chi connectivity index (χ4n) is 2.49. The van der Waals surface area contributed by atoms with Crippen LogP contribution in [0.3, 0.4) is 0 Å². The lowest BCUT2D eigenvalue weighted by Crippen LogP contribution is -2.32. The lowest BCUT2D eigenvalue weighted by molar-refractivity contribution is -0.124. The molecule has 1 aliphatic rings. The Morgan fingerprint density at radius 2 is 1.74 bits per heavy atom. The number of carbonyl (C=O) groups excluding carboxylic acids is 1. The van der Waals surface area contributed by atoms with Gasteiger partial charge < -0.3 is 10.6 Å². The Hall–Kier alpha value is -0.280. The summed E-state index contributed by atoms with van der Waals surface area (Å²) in [6.07, 6.45) is 11.6. The van der Waals surface area contributed by atoms with Gasteiger partial charge in [0.05, 0.1) is 5.92 Å². The Balaban J connectivity index is 0.00000324. The lowest BCUT2D eigenvalue weighted by atomic mass is 10.1. The van der Waals surface area contributed by atoms with Gasteiger partial charge in [-0.15, -0.1) is 12.4 Å². The zero-order valence-electron chi connectivity index (χ0n) is 12.4.